The molecule has 2 rings (SSSR count). The molecule has 1 aromatic carbocycles. The Labute approximate surface area is 113 Å². The molecule has 0 bridgehead atoms. The average Bonchev–Trinajstić information content (AvgIpc) is 2.37. The number of benzene rings is 1. The SMILES string of the molecule is CC1CCC(C)N(CC(N)c2cccc(F)c2F)C1. The molecule has 2 N–H and O–H groups in total. The van der Waals surface area contributed by atoms with Gasteiger partial charge in [-0.05, 0) is 31.7 Å². The standard InChI is InChI=1S/C15H22F2N2/c1-10-6-7-11(2)19(8-10)9-14(18)12-4-3-5-13(16)15(12)17/h3-5,10-11,14H,6-9,18H2,1-2H3. The molecule has 3 atom stereocenters. The molecule has 1 heterocycles. The minimum absolute atomic E-state index is 0.269. The van der Waals surface area contributed by atoms with Gasteiger partial charge in [-0.15, -0.1) is 0 Å². The van der Waals surface area contributed by atoms with Crippen molar-refractivity contribution in [2.45, 2.75) is 38.8 Å². The first-order valence-corrected chi connectivity index (χ1v) is 6.92. The predicted octanol–water partition coefficient (Wildman–Crippen LogP) is 3.09. The minimum atomic E-state index is -0.826. The Morgan fingerprint density at radius 3 is 2.79 bits per heavy atom. The van der Waals surface area contributed by atoms with Crippen molar-refractivity contribution in [3.63, 3.8) is 0 Å². The fourth-order valence-electron chi connectivity index (χ4n) is 2.79. The van der Waals surface area contributed by atoms with Crippen LogP contribution in [0.4, 0.5) is 8.78 Å². The van der Waals surface area contributed by atoms with E-state index in [1.165, 1.54) is 12.5 Å². The third-order valence-electron chi connectivity index (χ3n) is 4.06. The molecule has 3 unspecified atom stereocenters. The number of nitrogens with two attached hydrogens (primary N) is 1. The molecule has 0 amide bonds. The van der Waals surface area contributed by atoms with Crippen LogP contribution in [0.5, 0.6) is 0 Å². The van der Waals surface area contributed by atoms with Gasteiger partial charge in [0.1, 0.15) is 0 Å². The van der Waals surface area contributed by atoms with E-state index >= 15 is 0 Å². The first-order chi connectivity index (χ1) is 8.99. The van der Waals surface area contributed by atoms with Crippen LogP contribution in [-0.4, -0.2) is 24.0 Å². The number of likely N-dealkylation sites (tertiary alicyclic amines) is 1. The summed E-state index contributed by atoms with van der Waals surface area (Å²) in [5.74, 6) is -0.999. The third-order valence-corrected chi connectivity index (χ3v) is 4.06. The molecule has 0 radical (unpaired) electrons. The van der Waals surface area contributed by atoms with Crippen LogP contribution in [-0.2, 0) is 0 Å². The number of halogens is 2. The van der Waals surface area contributed by atoms with E-state index < -0.39 is 17.7 Å². The van der Waals surface area contributed by atoms with E-state index in [0.29, 0.717) is 18.5 Å². The summed E-state index contributed by atoms with van der Waals surface area (Å²) in [5, 5.41) is 0. The lowest BCUT2D eigenvalue weighted by Crippen LogP contribution is -2.44. The van der Waals surface area contributed by atoms with Gasteiger partial charge < -0.3 is 5.73 Å². The zero-order valence-corrected chi connectivity index (χ0v) is 11.6. The normalized spacial score (nSPS) is 26.4. The maximum atomic E-state index is 13.7. The van der Waals surface area contributed by atoms with Gasteiger partial charge in [-0.25, -0.2) is 8.78 Å². The molecule has 106 valence electrons. The summed E-state index contributed by atoms with van der Waals surface area (Å²) in [4.78, 5) is 2.28. The van der Waals surface area contributed by atoms with Gasteiger partial charge in [-0.3, -0.25) is 4.90 Å². The van der Waals surface area contributed by atoms with Gasteiger partial charge in [0.15, 0.2) is 11.6 Å². The summed E-state index contributed by atoms with van der Waals surface area (Å²) >= 11 is 0. The van der Waals surface area contributed by atoms with E-state index in [4.69, 9.17) is 5.73 Å². The van der Waals surface area contributed by atoms with Crippen molar-refractivity contribution in [3.8, 4) is 0 Å². The third kappa shape index (κ3) is 3.31. The summed E-state index contributed by atoms with van der Waals surface area (Å²) < 4.78 is 26.9. The van der Waals surface area contributed by atoms with E-state index in [1.54, 1.807) is 6.07 Å². The number of hydrogen-bond donors (Lipinski definition) is 1. The van der Waals surface area contributed by atoms with Crippen LogP contribution >= 0.6 is 0 Å². The van der Waals surface area contributed by atoms with Gasteiger partial charge in [-0.1, -0.05) is 19.1 Å². The molecule has 0 aromatic heterocycles. The Morgan fingerprint density at radius 2 is 2.05 bits per heavy atom. The predicted molar refractivity (Wildman–Crippen MR) is 72.7 cm³/mol. The van der Waals surface area contributed by atoms with E-state index in [1.807, 2.05) is 0 Å². The van der Waals surface area contributed by atoms with Crippen molar-refractivity contribution in [2.24, 2.45) is 11.7 Å². The number of piperidine rings is 1. The Kier molecular flexibility index (Phi) is 4.53. The quantitative estimate of drug-likeness (QED) is 0.912. The van der Waals surface area contributed by atoms with Crippen molar-refractivity contribution >= 4 is 0 Å². The molecule has 1 fully saturated rings. The molecule has 4 heteroatoms. The highest BCUT2D eigenvalue weighted by Gasteiger charge is 2.25. The van der Waals surface area contributed by atoms with Gasteiger partial charge in [0.05, 0.1) is 0 Å². The largest absolute Gasteiger partial charge is 0.323 e. The summed E-state index contributed by atoms with van der Waals surface area (Å²) in [5.41, 5.74) is 6.32. The maximum Gasteiger partial charge on any atom is 0.163 e. The summed E-state index contributed by atoms with van der Waals surface area (Å²) in [6, 6.07) is 4.18. The highest BCUT2D eigenvalue weighted by Crippen LogP contribution is 2.25. The zero-order chi connectivity index (χ0) is 14.0. The van der Waals surface area contributed by atoms with Crippen LogP contribution in [0.15, 0.2) is 18.2 Å². The van der Waals surface area contributed by atoms with Crippen molar-refractivity contribution in [3.05, 3.63) is 35.4 Å². The summed E-state index contributed by atoms with van der Waals surface area (Å²) in [6.45, 7) is 5.94. The lowest BCUT2D eigenvalue weighted by molar-refractivity contribution is 0.117. The monoisotopic (exact) mass is 268 g/mol. The number of hydrogen-bond acceptors (Lipinski definition) is 2. The van der Waals surface area contributed by atoms with Crippen molar-refractivity contribution in [1.82, 2.24) is 4.90 Å². The van der Waals surface area contributed by atoms with Gasteiger partial charge in [-0.2, -0.15) is 0 Å². The zero-order valence-electron chi connectivity index (χ0n) is 11.6. The highest BCUT2D eigenvalue weighted by atomic mass is 19.2. The van der Waals surface area contributed by atoms with Crippen molar-refractivity contribution < 1.29 is 8.78 Å². The fraction of sp³-hybridized carbons (Fsp3) is 0.600. The fourth-order valence-corrected chi connectivity index (χ4v) is 2.79. The van der Waals surface area contributed by atoms with Crippen LogP contribution in [0.3, 0.4) is 0 Å². The van der Waals surface area contributed by atoms with Gasteiger partial charge in [0, 0.05) is 30.7 Å². The molecular weight excluding hydrogens is 246 g/mol. The van der Waals surface area contributed by atoms with Crippen molar-refractivity contribution in [1.29, 1.82) is 0 Å². The summed E-state index contributed by atoms with van der Waals surface area (Å²) in [6.07, 6.45) is 2.36. The van der Waals surface area contributed by atoms with Crippen LogP contribution < -0.4 is 5.73 Å². The Balaban J connectivity index is 2.07. The molecule has 1 aliphatic rings. The Bertz CT molecular complexity index is 436. The second-order valence-electron chi connectivity index (χ2n) is 5.73. The Morgan fingerprint density at radius 1 is 1.32 bits per heavy atom. The van der Waals surface area contributed by atoms with E-state index in [9.17, 15) is 8.78 Å². The summed E-state index contributed by atoms with van der Waals surface area (Å²) in [7, 11) is 0. The van der Waals surface area contributed by atoms with Gasteiger partial charge in [0.2, 0.25) is 0 Å². The Hall–Kier alpha value is -1.00. The van der Waals surface area contributed by atoms with Crippen LogP contribution in [0.25, 0.3) is 0 Å². The average molecular weight is 268 g/mol. The lowest BCUT2D eigenvalue weighted by Gasteiger charge is -2.38. The van der Waals surface area contributed by atoms with Crippen LogP contribution in [0.2, 0.25) is 0 Å². The van der Waals surface area contributed by atoms with E-state index in [0.717, 1.165) is 19.0 Å². The molecule has 0 spiro atoms. The van der Waals surface area contributed by atoms with Crippen molar-refractivity contribution in [2.75, 3.05) is 13.1 Å². The molecule has 0 aliphatic carbocycles. The molecule has 2 nitrogen and oxygen atoms in total. The maximum absolute atomic E-state index is 13.7. The van der Waals surface area contributed by atoms with Crippen LogP contribution in [0.1, 0.15) is 38.3 Å². The molecule has 1 aliphatic heterocycles. The molecule has 1 aromatic rings. The second-order valence-corrected chi connectivity index (χ2v) is 5.73. The number of rotatable bonds is 3. The first-order valence-electron chi connectivity index (χ1n) is 6.92. The lowest BCUT2D eigenvalue weighted by atomic mass is 9.94. The molecule has 1 saturated heterocycles. The molecule has 19 heavy (non-hydrogen) atoms. The van der Waals surface area contributed by atoms with E-state index in [-0.39, 0.29) is 5.56 Å². The van der Waals surface area contributed by atoms with E-state index in [2.05, 4.69) is 18.7 Å². The highest BCUT2D eigenvalue weighted by molar-refractivity contribution is 5.22. The second kappa shape index (κ2) is 5.97. The molecule has 0 saturated carbocycles. The van der Waals surface area contributed by atoms with Gasteiger partial charge >= 0.3 is 0 Å². The van der Waals surface area contributed by atoms with Gasteiger partial charge in [0.25, 0.3) is 0 Å². The smallest absolute Gasteiger partial charge is 0.163 e. The first kappa shape index (κ1) is 14.4. The minimum Gasteiger partial charge on any atom is -0.323 e. The van der Waals surface area contributed by atoms with Crippen LogP contribution in [0, 0.1) is 17.6 Å². The number of nitrogens with zero attached hydrogens (tertiary/aromatic N) is 1. The topological polar surface area (TPSA) is 29.3 Å². The molecular formula is C15H22F2N2.